The van der Waals surface area contributed by atoms with Gasteiger partial charge in [0.05, 0.1) is 4.90 Å². The van der Waals surface area contributed by atoms with Crippen molar-refractivity contribution in [1.29, 1.82) is 0 Å². The summed E-state index contributed by atoms with van der Waals surface area (Å²) in [6.45, 7) is 3.98. The fourth-order valence-corrected chi connectivity index (χ4v) is 5.47. The van der Waals surface area contributed by atoms with Crippen LogP contribution in [0.4, 0.5) is 0 Å². The Morgan fingerprint density at radius 3 is 2.26 bits per heavy atom. The Hall–Kier alpha value is -0.430. The maximum absolute atomic E-state index is 12.2. The second-order valence-corrected chi connectivity index (χ2v) is 8.19. The van der Waals surface area contributed by atoms with Crippen molar-refractivity contribution in [2.24, 2.45) is 0 Å². The van der Waals surface area contributed by atoms with Crippen LogP contribution in [0.25, 0.3) is 0 Å². The van der Waals surface area contributed by atoms with Crippen LogP contribution in [0.3, 0.4) is 0 Å². The molecule has 1 heterocycles. The number of hydrogen-bond acceptors (Lipinski definition) is 4. The molecule has 1 N–H and O–H groups in total. The monoisotopic (exact) mass is 315 g/mol. The quantitative estimate of drug-likeness (QED) is 0.870. The summed E-state index contributed by atoms with van der Waals surface area (Å²) in [6.07, 6.45) is 0. The van der Waals surface area contributed by atoms with Gasteiger partial charge in [-0.05, 0) is 12.1 Å². The number of rotatable bonds is 3. The maximum atomic E-state index is 12.2. The molecule has 0 radical (unpaired) electrons. The molecule has 0 bridgehead atoms. The summed E-state index contributed by atoms with van der Waals surface area (Å²) in [6, 6.07) is 8.50. The number of nitrogens with one attached hydrogen (secondary N) is 1. The normalized spacial score (nSPS) is 18.8. The van der Waals surface area contributed by atoms with Gasteiger partial charge >= 0.3 is 0 Å². The molecule has 0 aromatic heterocycles. The van der Waals surface area contributed by atoms with Crippen LogP contribution >= 0.6 is 23.5 Å². The molecule has 2 rings (SSSR count). The van der Waals surface area contributed by atoms with Crippen LogP contribution < -0.4 is 4.72 Å². The van der Waals surface area contributed by atoms with Gasteiger partial charge in [0.2, 0.25) is 10.0 Å². The highest BCUT2D eigenvalue weighted by molar-refractivity contribution is 8.01. The number of hydrogen-bond donors (Lipinski definition) is 1. The van der Waals surface area contributed by atoms with Gasteiger partial charge in [-0.25, -0.2) is 13.1 Å². The van der Waals surface area contributed by atoms with E-state index in [9.17, 15) is 8.42 Å². The third kappa shape index (κ3) is 4.56. The molecular weight excluding hydrogens is 298 g/mol. The second kappa shape index (κ2) is 6.83. The molecular formula is C13H17NO2S3. The van der Waals surface area contributed by atoms with Crippen LogP contribution in [-0.2, 0) is 10.0 Å². The zero-order valence-corrected chi connectivity index (χ0v) is 13.0. The minimum atomic E-state index is -3.40. The molecule has 6 heteroatoms. The Morgan fingerprint density at radius 2 is 1.68 bits per heavy atom. The number of benzene rings is 1. The largest absolute Gasteiger partial charge is 0.240 e. The molecule has 1 aromatic carbocycles. The summed E-state index contributed by atoms with van der Waals surface area (Å²) in [5.41, 5.74) is 1.22. The third-order valence-corrected chi connectivity index (χ3v) is 6.66. The summed E-state index contributed by atoms with van der Waals surface area (Å²) < 4.78 is 27.2. The van der Waals surface area contributed by atoms with Gasteiger partial charge in [0.1, 0.15) is 0 Å². The molecule has 1 aliphatic rings. The highest BCUT2D eigenvalue weighted by Gasteiger charge is 2.21. The van der Waals surface area contributed by atoms with E-state index in [4.69, 9.17) is 0 Å². The van der Waals surface area contributed by atoms with Crippen LogP contribution in [-0.4, -0.2) is 37.5 Å². The Bertz CT molecular complexity index is 516. The van der Waals surface area contributed by atoms with Gasteiger partial charge in [0, 0.05) is 29.1 Å². The van der Waals surface area contributed by atoms with Crippen molar-refractivity contribution in [3.63, 3.8) is 0 Å². The zero-order valence-electron chi connectivity index (χ0n) is 10.5. The SMILES string of the molecule is C=C1CSCC(NS(=O)(=O)c2ccccc2)CSC1. The molecule has 0 atom stereocenters. The van der Waals surface area contributed by atoms with E-state index >= 15 is 0 Å². The first-order chi connectivity index (χ1) is 9.08. The van der Waals surface area contributed by atoms with Crippen molar-refractivity contribution in [3.05, 3.63) is 42.5 Å². The average molecular weight is 315 g/mol. The summed E-state index contributed by atoms with van der Waals surface area (Å²) in [5, 5.41) is 0. The molecule has 1 aliphatic heterocycles. The Balaban J connectivity index is 2.02. The lowest BCUT2D eigenvalue weighted by molar-refractivity contribution is 0.572. The third-order valence-electron chi connectivity index (χ3n) is 2.63. The van der Waals surface area contributed by atoms with Gasteiger partial charge in [-0.2, -0.15) is 23.5 Å². The molecule has 104 valence electrons. The fraction of sp³-hybridized carbons (Fsp3) is 0.385. The predicted octanol–water partition coefficient (Wildman–Crippen LogP) is 2.37. The molecule has 0 aliphatic carbocycles. The Kier molecular flexibility index (Phi) is 5.38. The van der Waals surface area contributed by atoms with Crippen LogP contribution in [0, 0.1) is 0 Å². The maximum Gasteiger partial charge on any atom is 0.240 e. The van der Waals surface area contributed by atoms with E-state index in [2.05, 4.69) is 11.3 Å². The van der Waals surface area contributed by atoms with Crippen molar-refractivity contribution >= 4 is 33.5 Å². The van der Waals surface area contributed by atoms with Gasteiger partial charge < -0.3 is 0 Å². The average Bonchev–Trinajstić information content (AvgIpc) is 2.37. The fourth-order valence-electron chi connectivity index (χ4n) is 1.74. The Morgan fingerprint density at radius 1 is 1.11 bits per heavy atom. The topological polar surface area (TPSA) is 46.2 Å². The van der Waals surface area contributed by atoms with E-state index in [1.54, 1.807) is 47.8 Å². The van der Waals surface area contributed by atoms with Gasteiger partial charge in [-0.1, -0.05) is 30.4 Å². The van der Waals surface area contributed by atoms with Gasteiger partial charge in [0.25, 0.3) is 0 Å². The van der Waals surface area contributed by atoms with Crippen LogP contribution in [0.2, 0.25) is 0 Å². The molecule has 0 saturated carbocycles. The molecule has 19 heavy (non-hydrogen) atoms. The molecule has 0 amide bonds. The number of sulfonamides is 1. The highest BCUT2D eigenvalue weighted by atomic mass is 32.2. The first-order valence-electron chi connectivity index (χ1n) is 5.97. The molecule has 1 fully saturated rings. The van der Waals surface area contributed by atoms with Gasteiger partial charge in [0.15, 0.2) is 0 Å². The van der Waals surface area contributed by atoms with E-state index in [-0.39, 0.29) is 6.04 Å². The van der Waals surface area contributed by atoms with Gasteiger partial charge in [-0.15, -0.1) is 0 Å². The molecule has 1 saturated heterocycles. The molecule has 0 spiro atoms. The van der Waals surface area contributed by atoms with Crippen molar-refractivity contribution in [1.82, 2.24) is 4.72 Å². The van der Waals surface area contributed by atoms with Crippen LogP contribution in [0.15, 0.2) is 47.4 Å². The smallest absolute Gasteiger partial charge is 0.207 e. The summed E-state index contributed by atoms with van der Waals surface area (Å²) in [5.74, 6) is 3.41. The predicted molar refractivity (Wildman–Crippen MR) is 84.3 cm³/mol. The van der Waals surface area contributed by atoms with Crippen molar-refractivity contribution in [3.8, 4) is 0 Å². The van der Waals surface area contributed by atoms with Crippen molar-refractivity contribution < 1.29 is 8.42 Å². The zero-order chi connectivity index (χ0) is 13.7. The van der Waals surface area contributed by atoms with Gasteiger partial charge in [-0.3, -0.25) is 0 Å². The highest BCUT2D eigenvalue weighted by Crippen LogP contribution is 2.20. The second-order valence-electron chi connectivity index (χ2n) is 4.41. The molecule has 1 aromatic rings. The van der Waals surface area contributed by atoms with E-state index in [1.165, 1.54) is 5.57 Å². The van der Waals surface area contributed by atoms with Crippen LogP contribution in [0.1, 0.15) is 0 Å². The van der Waals surface area contributed by atoms with E-state index < -0.39 is 10.0 Å². The van der Waals surface area contributed by atoms with E-state index in [0.717, 1.165) is 23.0 Å². The lowest BCUT2D eigenvalue weighted by Crippen LogP contribution is -2.39. The summed E-state index contributed by atoms with van der Waals surface area (Å²) in [4.78, 5) is 0.330. The minimum Gasteiger partial charge on any atom is -0.207 e. The lowest BCUT2D eigenvalue weighted by atomic mass is 10.4. The van der Waals surface area contributed by atoms with Crippen molar-refractivity contribution in [2.75, 3.05) is 23.0 Å². The summed E-state index contributed by atoms with van der Waals surface area (Å²) >= 11 is 3.48. The van der Waals surface area contributed by atoms with Crippen molar-refractivity contribution in [2.45, 2.75) is 10.9 Å². The molecule has 3 nitrogen and oxygen atoms in total. The standard InChI is InChI=1S/C13H17NO2S3/c1-11-7-17-9-12(10-18-8-11)14-19(15,16)13-5-3-2-4-6-13/h2-6,12,14H,1,7-10H2. The number of thioether (sulfide) groups is 2. The van der Waals surface area contributed by atoms with Crippen LogP contribution in [0.5, 0.6) is 0 Å². The first-order valence-corrected chi connectivity index (χ1v) is 9.77. The minimum absolute atomic E-state index is 0.0201. The van der Waals surface area contributed by atoms with E-state index in [1.807, 2.05) is 6.07 Å². The van der Waals surface area contributed by atoms with E-state index in [0.29, 0.717) is 4.90 Å². The Labute approximate surface area is 123 Å². The molecule has 0 unspecified atom stereocenters. The lowest BCUT2D eigenvalue weighted by Gasteiger charge is -2.21. The first kappa shape index (κ1) is 15.0. The summed E-state index contributed by atoms with van der Waals surface area (Å²) in [7, 11) is -3.40.